The number of carbonyl (C=O) groups is 1. The minimum atomic E-state index is -1.38. The quantitative estimate of drug-likeness (QED) is 0.667. The molecule has 0 unspecified atom stereocenters. The van der Waals surface area contributed by atoms with Gasteiger partial charge in [0, 0.05) is 17.3 Å². The van der Waals surface area contributed by atoms with Gasteiger partial charge in [-0.1, -0.05) is 6.07 Å². The average molecular weight is 261 g/mol. The van der Waals surface area contributed by atoms with Crippen LogP contribution in [0.4, 0.5) is 0 Å². The van der Waals surface area contributed by atoms with E-state index >= 15 is 0 Å². The molecule has 0 atom stereocenters. The van der Waals surface area contributed by atoms with Crippen LogP contribution in [0.25, 0.3) is 0 Å². The van der Waals surface area contributed by atoms with E-state index in [9.17, 15) is 9.90 Å². The lowest BCUT2D eigenvalue weighted by Crippen LogP contribution is -2.31. The zero-order chi connectivity index (χ0) is 12.3. The van der Waals surface area contributed by atoms with Crippen LogP contribution in [0.5, 0.6) is 0 Å². The fraction of sp³-hybridized carbons (Fsp3) is 0.417. The molecule has 88 valence electrons. The second-order valence-corrected chi connectivity index (χ2v) is 4.73. The maximum Gasteiger partial charge on any atom is 0.193 e. The minimum Gasteiger partial charge on any atom is -0.382 e. The highest BCUT2D eigenvalue weighted by molar-refractivity contribution is 6.18. The largest absolute Gasteiger partial charge is 0.382 e. The summed E-state index contributed by atoms with van der Waals surface area (Å²) in [6, 6.07) is 5.22. The van der Waals surface area contributed by atoms with Gasteiger partial charge in [0.15, 0.2) is 5.78 Å². The van der Waals surface area contributed by atoms with Crippen molar-refractivity contribution < 1.29 is 9.90 Å². The first-order chi connectivity index (χ1) is 7.38. The molecule has 0 amide bonds. The van der Waals surface area contributed by atoms with Gasteiger partial charge in [-0.25, -0.2) is 0 Å². The molecule has 1 N–H and O–H groups in total. The Morgan fingerprint density at radius 1 is 1.19 bits per heavy atom. The molecule has 1 aromatic carbocycles. The van der Waals surface area contributed by atoms with Crippen LogP contribution in [0, 0.1) is 0 Å². The van der Waals surface area contributed by atoms with Gasteiger partial charge in [0.1, 0.15) is 5.60 Å². The lowest BCUT2D eigenvalue weighted by Gasteiger charge is -2.16. The molecule has 0 aliphatic rings. The van der Waals surface area contributed by atoms with Crippen LogP contribution in [0.15, 0.2) is 18.2 Å². The molecule has 0 saturated carbocycles. The van der Waals surface area contributed by atoms with Crippen molar-refractivity contribution in [3.8, 4) is 0 Å². The summed E-state index contributed by atoms with van der Waals surface area (Å²) < 4.78 is 0. The molecule has 0 radical (unpaired) electrons. The first-order valence-corrected chi connectivity index (χ1v) is 5.97. The lowest BCUT2D eigenvalue weighted by atomic mass is 9.94. The Bertz CT molecular complexity index is 372. The molecule has 0 aliphatic heterocycles. The number of hydrogen-bond donors (Lipinski definition) is 1. The van der Waals surface area contributed by atoms with Crippen LogP contribution < -0.4 is 0 Å². The van der Waals surface area contributed by atoms with Crippen LogP contribution in [0.2, 0.25) is 0 Å². The lowest BCUT2D eigenvalue weighted by molar-refractivity contribution is 0.0488. The summed E-state index contributed by atoms with van der Waals surface area (Å²) in [7, 11) is 0. The van der Waals surface area contributed by atoms with Gasteiger partial charge >= 0.3 is 0 Å². The number of ketones is 1. The third kappa shape index (κ3) is 3.21. The molecule has 0 spiro atoms. The summed E-state index contributed by atoms with van der Waals surface area (Å²) in [5, 5.41) is 9.65. The van der Waals surface area contributed by atoms with Gasteiger partial charge in [0.05, 0.1) is 0 Å². The smallest absolute Gasteiger partial charge is 0.193 e. The SMILES string of the molecule is CC(C)(O)C(=O)c1cc(CCl)cc(CCl)c1. The molecular weight excluding hydrogens is 247 g/mol. The average Bonchev–Trinajstić information content (AvgIpc) is 2.26. The molecule has 0 fully saturated rings. The predicted molar refractivity (Wildman–Crippen MR) is 66.2 cm³/mol. The van der Waals surface area contributed by atoms with E-state index in [1.165, 1.54) is 13.8 Å². The maximum absolute atomic E-state index is 11.9. The summed E-state index contributed by atoms with van der Waals surface area (Å²) in [6.07, 6.45) is 0. The Morgan fingerprint density at radius 2 is 1.62 bits per heavy atom. The molecule has 0 heterocycles. The van der Waals surface area contributed by atoms with E-state index < -0.39 is 5.60 Å². The molecule has 0 aliphatic carbocycles. The predicted octanol–water partition coefficient (Wildman–Crippen LogP) is 3.12. The van der Waals surface area contributed by atoms with Gasteiger partial charge in [-0.05, 0) is 37.1 Å². The topological polar surface area (TPSA) is 37.3 Å². The zero-order valence-corrected chi connectivity index (χ0v) is 10.8. The summed E-state index contributed by atoms with van der Waals surface area (Å²) in [5.74, 6) is 0.305. The molecular formula is C12H14Cl2O2. The maximum atomic E-state index is 11.9. The molecule has 0 saturated heterocycles. The first-order valence-electron chi connectivity index (χ1n) is 4.90. The summed E-state index contributed by atoms with van der Waals surface area (Å²) in [6.45, 7) is 2.92. The van der Waals surface area contributed by atoms with Gasteiger partial charge in [-0.15, -0.1) is 23.2 Å². The second-order valence-electron chi connectivity index (χ2n) is 4.19. The van der Waals surface area contributed by atoms with E-state index in [1.54, 1.807) is 12.1 Å². The number of hydrogen-bond acceptors (Lipinski definition) is 2. The number of benzene rings is 1. The number of rotatable bonds is 4. The van der Waals surface area contributed by atoms with Crippen molar-refractivity contribution in [2.75, 3.05) is 0 Å². The normalized spacial score (nSPS) is 11.6. The fourth-order valence-electron chi connectivity index (χ4n) is 1.40. The molecule has 1 aromatic rings. The third-order valence-electron chi connectivity index (χ3n) is 2.18. The van der Waals surface area contributed by atoms with Crippen LogP contribution in [-0.4, -0.2) is 16.5 Å². The molecule has 0 aromatic heterocycles. The number of alkyl halides is 2. The van der Waals surface area contributed by atoms with Crippen molar-refractivity contribution in [3.63, 3.8) is 0 Å². The van der Waals surface area contributed by atoms with Crippen molar-refractivity contribution >= 4 is 29.0 Å². The Hall–Kier alpha value is -0.570. The highest BCUT2D eigenvalue weighted by Crippen LogP contribution is 2.19. The van der Waals surface area contributed by atoms with Crippen molar-refractivity contribution in [2.24, 2.45) is 0 Å². The van der Waals surface area contributed by atoms with Crippen molar-refractivity contribution in [2.45, 2.75) is 31.2 Å². The zero-order valence-electron chi connectivity index (χ0n) is 9.26. The van der Waals surface area contributed by atoms with Gasteiger partial charge in [-0.3, -0.25) is 4.79 Å². The highest BCUT2D eigenvalue weighted by atomic mass is 35.5. The molecule has 1 rings (SSSR count). The number of carbonyl (C=O) groups excluding carboxylic acids is 1. The highest BCUT2D eigenvalue weighted by Gasteiger charge is 2.25. The van der Waals surface area contributed by atoms with Crippen molar-refractivity contribution in [3.05, 3.63) is 34.9 Å². The van der Waals surface area contributed by atoms with E-state index in [2.05, 4.69) is 0 Å². The number of Topliss-reactive ketones (excluding diaryl/α,β-unsaturated/α-hetero) is 1. The van der Waals surface area contributed by atoms with Crippen LogP contribution in [-0.2, 0) is 11.8 Å². The molecule has 4 heteroatoms. The van der Waals surface area contributed by atoms with E-state index in [4.69, 9.17) is 23.2 Å². The Balaban J connectivity index is 3.18. The molecule has 16 heavy (non-hydrogen) atoms. The van der Waals surface area contributed by atoms with Crippen LogP contribution >= 0.6 is 23.2 Å². The van der Waals surface area contributed by atoms with E-state index in [0.717, 1.165) is 11.1 Å². The van der Waals surface area contributed by atoms with Crippen LogP contribution in [0.1, 0.15) is 35.3 Å². The monoisotopic (exact) mass is 260 g/mol. The Morgan fingerprint density at radius 3 is 1.94 bits per heavy atom. The van der Waals surface area contributed by atoms with Gasteiger partial charge in [0.2, 0.25) is 0 Å². The summed E-state index contributed by atoms with van der Waals surface area (Å²) in [5.41, 5.74) is 0.718. The van der Waals surface area contributed by atoms with Crippen LogP contribution in [0.3, 0.4) is 0 Å². The van der Waals surface area contributed by atoms with E-state index in [-0.39, 0.29) is 5.78 Å². The third-order valence-corrected chi connectivity index (χ3v) is 2.80. The summed E-state index contributed by atoms with van der Waals surface area (Å²) in [4.78, 5) is 11.9. The van der Waals surface area contributed by atoms with Crippen molar-refractivity contribution in [1.29, 1.82) is 0 Å². The van der Waals surface area contributed by atoms with Gasteiger partial charge in [0.25, 0.3) is 0 Å². The number of aliphatic hydroxyl groups is 1. The van der Waals surface area contributed by atoms with Crippen molar-refractivity contribution in [1.82, 2.24) is 0 Å². The Kier molecular flexibility index (Phi) is 4.36. The molecule has 2 nitrogen and oxygen atoms in total. The van der Waals surface area contributed by atoms with Gasteiger partial charge in [-0.2, -0.15) is 0 Å². The Labute approximate surface area is 105 Å². The minimum absolute atomic E-state index is 0.316. The second kappa shape index (κ2) is 5.17. The van der Waals surface area contributed by atoms with Gasteiger partial charge < -0.3 is 5.11 Å². The molecule has 0 bridgehead atoms. The van der Waals surface area contributed by atoms with E-state index in [1.807, 2.05) is 6.07 Å². The number of halogens is 2. The first kappa shape index (κ1) is 13.5. The van der Waals surface area contributed by atoms with E-state index in [0.29, 0.717) is 17.3 Å². The fourth-order valence-corrected chi connectivity index (χ4v) is 1.71. The summed E-state index contributed by atoms with van der Waals surface area (Å²) >= 11 is 11.5. The standard InChI is InChI=1S/C12H14Cl2O2/c1-12(2,16)11(15)10-4-8(6-13)3-9(5-10)7-14/h3-5,16H,6-7H2,1-2H3.